The number of nitrogens with zero attached hydrogens (tertiary/aromatic N) is 1. The monoisotopic (exact) mass is 331 g/mol. The molecule has 0 atom stereocenters. The summed E-state index contributed by atoms with van der Waals surface area (Å²) in [6, 6.07) is 8.15. The van der Waals surface area contributed by atoms with E-state index in [0.717, 1.165) is 0 Å². The van der Waals surface area contributed by atoms with E-state index in [2.05, 4.69) is 10.6 Å². The average Bonchev–Trinajstić information content (AvgIpc) is 2.56. The van der Waals surface area contributed by atoms with Gasteiger partial charge in [0, 0.05) is 6.20 Å². The molecular formula is C17H21N3O4. The number of esters is 1. The van der Waals surface area contributed by atoms with Crippen molar-refractivity contribution in [3.8, 4) is 6.07 Å². The zero-order valence-corrected chi connectivity index (χ0v) is 13.9. The van der Waals surface area contributed by atoms with Crippen LogP contribution >= 0.6 is 0 Å². The van der Waals surface area contributed by atoms with Crippen LogP contribution in [0.1, 0.15) is 31.1 Å². The highest BCUT2D eigenvalue weighted by molar-refractivity contribution is 6.09. The molecule has 0 radical (unpaired) electrons. The van der Waals surface area contributed by atoms with E-state index < -0.39 is 17.4 Å². The third-order valence-corrected chi connectivity index (χ3v) is 3.04. The third-order valence-electron chi connectivity index (χ3n) is 3.04. The topological polar surface area (TPSA) is 111 Å². The van der Waals surface area contributed by atoms with Crippen LogP contribution in [0.25, 0.3) is 0 Å². The highest BCUT2D eigenvalue weighted by atomic mass is 16.5. The van der Waals surface area contributed by atoms with Crippen LogP contribution in [0, 0.1) is 11.3 Å². The molecule has 0 aliphatic rings. The van der Waals surface area contributed by atoms with E-state index in [9.17, 15) is 14.7 Å². The van der Waals surface area contributed by atoms with E-state index in [-0.39, 0.29) is 30.0 Å². The lowest BCUT2D eigenvalue weighted by Gasteiger charge is -2.22. The zero-order chi connectivity index (χ0) is 18.2. The first-order valence-corrected chi connectivity index (χ1v) is 7.41. The molecule has 0 aliphatic carbocycles. The van der Waals surface area contributed by atoms with Gasteiger partial charge in [-0.15, -0.1) is 0 Å². The van der Waals surface area contributed by atoms with Crippen molar-refractivity contribution < 1.29 is 19.4 Å². The van der Waals surface area contributed by atoms with Gasteiger partial charge in [0.1, 0.15) is 11.6 Å². The summed E-state index contributed by atoms with van der Waals surface area (Å²) < 4.78 is 4.93. The van der Waals surface area contributed by atoms with Gasteiger partial charge in [0.25, 0.3) is 5.91 Å². The van der Waals surface area contributed by atoms with E-state index in [1.54, 1.807) is 45.0 Å². The molecule has 0 saturated carbocycles. The first-order valence-electron chi connectivity index (χ1n) is 7.41. The molecule has 0 bridgehead atoms. The van der Waals surface area contributed by atoms with Crippen molar-refractivity contribution in [3.05, 3.63) is 41.6 Å². The van der Waals surface area contributed by atoms with Gasteiger partial charge in [-0.2, -0.15) is 5.26 Å². The second-order valence-electron chi connectivity index (χ2n) is 5.58. The Morgan fingerprint density at radius 2 is 2.04 bits per heavy atom. The van der Waals surface area contributed by atoms with Crippen LogP contribution in [0.3, 0.4) is 0 Å². The van der Waals surface area contributed by atoms with Crippen molar-refractivity contribution in [2.45, 2.75) is 26.3 Å². The first kappa shape index (κ1) is 19.2. The second kappa shape index (κ2) is 8.70. The maximum absolute atomic E-state index is 12.2. The lowest BCUT2D eigenvalue weighted by atomic mass is 10.1. The molecule has 1 aromatic carbocycles. The number of aliphatic hydroxyl groups excluding tert-OH is 1. The van der Waals surface area contributed by atoms with Crippen LogP contribution in [0.2, 0.25) is 0 Å². The van der Waals surface area contributed by atoms with Gasteiger partial charge in [0.15, 0.2) is 0 Å². The van der Waals surface area contributed by atoms with Crippen molar-refractivity contribution in [2.24, 2.45) is 0 Å². The van der Waals surface area contributed by atoms with Crippen LogP contribution in [0.5, 0.6) is 0 Å². The Morgan fingerprint density at radius 1 is 1.38 bits per heavy atom. The van der Waals surface area contributed by atoms with Crippen LogP contribution < -0.4 is 10.6 Å². The van der Waals surface area contributed by atoms with Gasteiger partial charge in [-0.3, -0.25) is 4.79 Å². The molecule has 3 N–H and O–H groups in total. The lowest BCUT2D eigenvalue weighted by molar-refractivity contribution is -0.112. The third kappa shape index (κ3) is 5.41. The van der Waals surface area contributed by atoms with E-state index in [0.29, 0.717) is 0 Å². The van der Waals surface area contributed by atoms with E-state index >= 15 is 0 Å². The fraction of sp³-hybridized carbons (Fsp3) is 0.353. The van der Waals surface area contributed by atoms with Gasteiger partial charge < -0.3 is 20.5 Å². The standard InChI is InChI=1S/C17H21N3O4/c1-4-24-16(23)13-7-5-6-8-14(13)20-15(22)12(9-18)10-19-17(2,3)11-21/h5-8,10,19,21H,4,11H2,1-3H3,(H,20,22)/b12-10-. The summed E-state index contributed by atoms with van der Waals surface area (Å²) in [7, 11) is 0. The number of amides is 1. The molecule has 0 aromatic heterocycles. The van der Waals surface area contributed by atoms with Gasteiger partial charge in [0.05, 0.1) is 30.0 Å². The molecule has 0 heterocycles. The summed E-state index contributed by atoms with van der Waals surface area (Å²) in [6.07, 6.45) is 1.23. The molecule has 1 amide bonds. The van der Waals surface area contributed by atoms with Crippen molar-refractivity contribution in [1.82, 2.24) is 5.32 Å². The van der Waals surface area contributed by atoms with Crippen LogP contribution in [0.4, 0.5) is 5.69 Å². The molecule has 0 aliphatic heterocycles. The summed E-state index contributed by atoms with van der Waals surface area (Å²) in [5, 5.41) is 23.6. The van der Waals surface area contributed by atoms with Crippen molar-refractivity contribution in [3.63, 3.8) is 0 Å². The number of carbonyl (C=O) groups excluding carboxylic acids is 2. The number of aliphatic hydroxyl groups is 1. The molecule has 1 rings (SSSR count). The number of anilines is 1. The van der Waals surface area contributed by atoms with Gasteiger partial charge in [-0.25, -0.2) is 4.79 Å². The van der Waals surface area contributed by atoms with Crippen molar-refractivity contribution in [2.75, 3.05) is 18.5 Å². The molecule has 0 spiro atoms. The summed E-state index contributed by atoms with van der Waals surface area (Å²) in [4.78, 5) is 24.1. The van der Waals surface area contributed by atoms with Crippen LogP contribution in [-0.2, 0) is 9.53 Å². The van der Waals surface area contributed by atoms with Gasteiger partial charge in [-0.05, 0) is 32.9 Å². The predicted octanol–water partition coefficient (Wildman–Crippen LogP) is 1.57. The Balaban J connectivity index is 2.96. The summed E-state index contributed by atoms with van der Waals surface area (Å²) >= 11 is 0. The summed E-state index contributed by atoms with van der Waals surface area (Å²) in [6.45, 7) is 5.16. The largest absolute Gasteiger partial charge is 0.462 e. The van der Waals surface area contributed by atoms with Gasteiger partial charge in [-0.1, -0.05) is 12.1 Å². The highest BCUT2D eigenvalue weighted by Gasteiger charge is 2.18. The van der Waals surface area contributed by atoms with E-state index in [1.165, 1.54) is 12.3 Å². The van der Waals surface area contributed by atoms with E-state index in [4.69, 9.17) is 10.00 Å². The van der Waals surface area contributed by atoms with Crippen molar-refractivity contribution in [1.29, 1.82) is 5.26 Å². The Morgan fingerprint density at radius 3 is 2.62 bits per heavy atom. The smallest absolute Gasteiger partial charge is 0.340 e. The average molecular weight is 331 g/mol. The van der Waals surface area contributed by atoms with Crippen LogP contribution in [0.15, 0.2) is 36.0 Å². The fourth-order valence-electron chi connectivity index (χ4n) is 1.63. The minimum Gasteiger partial charge on any atom is -0.462 e. The summed E-state index contributed by atoms with van der Waals surface area (Å²) in [5.41, 5.74) is -0.405. The number of ether oxygens (including phenoxy) is 1. The number of hydrogen-bond acceptors (Lipinski definition) is 6. The molecule has 1 aromatic rings. The maximum atomic E-state index is 12.2. The number of carbonyl (C=O) groups is 2. The number of rotatable bonds is 7. The molecule has 0 fully saturated rings. The zero-order valence-electron chi connectivity index (χ0n) is 13.9. The minimum absolute atomic E-state index is 0.171. The molecule has 7 heteroatoms. The predicted molar refractivity (Wildman–Crippen MR) is 89.0 cm³/mol. The lowest BCUT2D eigenvalue weighted by Crippen LogP contribution is -2.39. The maximum Gasteiger partial charge on any atom is 0.340 e. The molecular weight excluding hydrogens is 310 g/mol. The summed E-state index contributed by atoms with van der Waals surface area (Å²) in [5.74, 6) is -1.23. The number of para-hydroxylation sites is 1. The molecule has 0 unspecified atom stereocenters. The number of nitriles is 1. The Hall–Kier alpha value is -2.85. The normalized spacial score (nSPS) is 11.4. The van der Waals surface area contributed by atoms with Gasteiger partial charge >= 0.3 is 5.97 Å². The molecule has 0 saturated heterocycles. The number of nitrogens with one attached hydrogen (secondary N) is 2. The first-order chi connectivity index (χ1) is 11.3. The minimum atomic E-state index is -0.675. The molecule has 128 valence electrons. The second-order valence-corrected chi connectivity index (χ2v) is 5.58. The van der Waals surface area contributed by atoms with Crippen molar-refractivity contribution >= 4 is 17.6 Å². The number of hydrogen-bond donors (Lipinski definition) is 3. The Kier molecular flexibility index (Phi) is 6.96. The quantitative estimate of drug-likeness (QED) is 0.397. The fourth-order valence-corrected chi connectivity index (χ4v) is 1.63. The Labute approximate surface area is 140 Å². The molecule has 24 heavy (non-hydrogen) atoms. The number of benzene rings is 1. The molecule has 7 nitrogen and oxygen atoms in total. The SMILES string of the molecule is CCOC(=O)c1ccccc1NC(=O)/C(C#N)=C\NC(C)(C)CO. The van der Waals surface area contributed by atoms with Gasteiger partial charge in [0.2, 0.25) is 0 Å². The highest BCUT2D eigenvalue weighted by Crippen LogP contribution is 2.17. The Bertz CT molecular complexity index is 675. The van der Waals surface area contributed by atoms with E-state index in [1.807, 2.05) is 0 Å². The van der Waals surface area contributed by atoms with Crippen LogP contribution in [-0.4, -0.2) is 35.7 Å².